The molecule has 0 spiro atoms. The summed E-state index contributed by atoms with van der Waals surface area (Å²) in [4.78, 5) is 45.5. The van der Waals surface area contributed by atoms with E-state index in [9.17, 15) is 9.59 Å². The molecule has 1 fully saturated rings. The Kier molecular flexibility index (Phi) is 10.7. The van der Waals surface area contributed by atoms with Crippen molar-refractivity contribution in [1.29, 1.82) is 0 Å². The maximum absolute atomic E-state index is 13.9. The van der Waals surface area contributed by atoms with Gasteiger partial charge < -0.3 is 43.9 Å². The molecule has 1 saturated heterocycles. The van der Waals surface area contributed by atoms with Gasteiger partial charge in [0.2, 0.25) is 0 Å². The molecule has 60 heavy (non-hydrogen) atoms. The zero-order chi connectivity index (χ0) is 41.3. The number of fused-ring (bicyclic) bond motifs is 4. The van der Waals surface area contributed by atoms with Crippen LogP contribution in [-0.4, -0.2) is 119 Å². The lowest BCUT2D eigenvalue weighted by Gasteiger charge is -2.34. The molecule has 5 heterocycles. The molecule has 0 aromatic heterocycles. The molecule has 5 aliphatic heterocycles. The Bertz CT molecular complexity index is 2420. The number of benzene rings is 4. The van der Waals surface area contributed by atoms with Gasteiger partial charge >= 0.3 is 0 Å². The predicted octanol–water partition coefficient (Wildman–Crippen LogP) is 7.29. The van der Waals surface area contributed by atoms with E-state index in [1.807, 2.05) is 44.0 Å². The maximum Gasteiger partial charge on any atom is 0.260 e. The molecule has 4 aromatic rings. The summed E-state index contributed by atoms with van der Waals surface area (Å²) < 4.78 is 23.7. The molecular weight excluding hydrogens is 759 g/mol. The average Bonchev–Trinajstić information content (AvgIpc) is 3.86. The van der Waals surface area contributed by atoms with Crippen LogP contribution in [0.25, 0.3) is 11.1 Å². The largest absolute Gasteiger partial charge is 0.493 e. The van der Waals surface area contributed by atoms with Crippen molar-refractivity contribution in [3.05, 3.63) is 107 Å². The molecule has 13 nitrogen and oxygen atoms in total. The number of likely N-dealkylation sites (N-methyl/N-ethyl adjacent to an activating group) is 1. The van der Waals surface area contributed by atoms with Crippen LogP contribution >= 0.6 is 0 Å². The van der Waals surface area contributed by atoms with Crippen molar-refractivity contribution in [2.24, 2.45) is 9.98 Å². The minimum absolute atomic E-state index is 0.132. The molecule has 5 aliphatic rings. The Hall–Kier alpha value is -6.60. The lowest BCUT2D eigenvalue weighted by atomic mass is 10.0. The SMILES string of the molecule is CNc1ccc(C2=CN3C(=O)c4cc(OC)c(OCCCOc5cc6c(cc5OC)C(=O)N5C=C(c7ccc(N8CCN(C)CC8)cc7)C[C@H]5C=N6)cc4N=C[C@@H]3C2)cc1. The molecule has 9 rings (SSSR count). The van der Waals surface area contributed by atoms with Crippen LogP contribution < -0.4 is 29.2 Å². The highest BCUT2D eigenvalue weighted by Crippen LogP contribution is 2.42. The quantitative estimate of drug-likeness (QED) is 0.147. The van der Waals surface area contributed by atoms with Crippen molar-refractivity contribution in [1.82, 2.24) is 14.7 Å². The van der Waals surface area contributed by atoms with Crippen LogP contribution in [0.3, 0.4) is 0 Å². The van der Waals surface area contributed by atoms with Gasteiger partial charge in [0.25, 0.3) is 11.8 Å². The van der Waals surface area contributed by atoms with Gasteiger partial charge in [-0.15, -0.1) is 0 Å². The highest BCUT2D eigenvalue weighted by molar-refractivity contribution is 6.06. The fourth-order valence-corrected chi connectivity index (χ4v) is 8.37. The molecule has 0 saturated carbocycles. The first-order valence-corrected chi connectivity index (χ1v) is 20.5. The number of methoxy groups -OCH3 is 2. The Morgan fingerprint density at radius 3 is 1.60 bits per heavy atom. The lowest BCUT2D eigenvalue weighted by molar-refractivity contribution is 0.0809. The molecule has 0 aliphatic carbocycles. The smallest absolute Gasteiger partial charge is 0.260 e. The molecular formula is C47H49N7O6. The number of aliphatic imine (C=N–C) groups is 2. The van der Waals surface area contributed by atoms with Gasteiger partial charge in [-0.3, -0.25) is 19.6 Å². The van der Waals surface area contributed by atoms with Gasteiger partial charge in [-0.2, -0.15) is 0 Å². The fourth-order valence-electron chi connectivity index (χ4n) is 8.37. The topological polar surface area (TPSA) is 121 Å². The third-order valence-corrected chi connectivity index (χ3v) is 11.9. The average molecular weight is 808 g/mol. The van der Waals surface area contributed by atoms with Gasteiger partial charge in [-0.1, -0.05) is 24.3 Å². The maximum atomic E-state index is 13.9. The molecule has 13 heteroatoms. The van der Waals surface area contributed by atoms with Crippen molar-refractivity contribution in [2.45, 2.75) is 31.3 Å². The Morgan fingerprint density at radius 2 is 1.13 bits per heavy atom. The van der Waals surface area contributed by atoms with Gasteiger partial charge in [-0.25, -0.2) is 0 Å². The summed E-state index contributed by atoms with van der Waals surface area (Å²) >= 11 is 0. The Morgan fingerprint density at radius 1 is 0.650 bits per heavy atom. The van der Waals surface area contributed by atoms with E-state index in [0.29, 0.717) is 78.0 Å². The van der Waals surface area contributed by atoms with Crippen LogP contribution in [0.2, 0.25) is 0 Å². The zero-order valence-corrected chi connectivity index (χ0v) is 34.4. The van der Waals surface area contributed by atoms with Gasteiger partial charge in [0.1, 0.15) is 0 Å². The number of hydrogen-bond donors (Lipinski definition) is 1. The molecule has 0 unspecified atom stereocenters. The third-order valence-electron chi connectivity index (χ3n) is 11.9. The summed E-state index contributed by atoms with van der Waals surface area (Å²) in [6.45, 7) is 4.78. The fraction of sp³-hybridized carbons (Fsp3) is 0.319. The summed E-state index contributed by atoms with van der Waals surface area (Å²) in [5.74, 6) is 1.59. The summed E-state index contributed by atoms with van der Waals surface area (Å²) in [6.07, 6.45) is 9.45. The van der Waals surface area contributed by atoms with Crippen LogP contribution in [0.4, 0.5) is 22.7 Å². The van der Waals surface area contributed by atoms with E-state index < -0.39 is 0 Å². The van der Waals surface area contributed by atoms with E-state index in [1.165, 1.54) is 5.69 Å². The summed E-state index contributed by atoms with van der Waals surface area (Å²) in [6, 6.07) is 23.4. The van der Waals surface area contributed by atoms with Crippen molar-refractivity contribution in [3.8, 4) is 23.0 Å². The zero-order valence-electron chi connectivity index (χ0n) is 34.4. The van der Waals surface area contributed by atoms with Gasteiger partial charge in [-0.05, 0) is 65.7 Å². The number of carbonyl (C=O) groups excluding carboxylic acids is 2. The highest BCUT2D eigenvalue weighted by Gasteiger charge is 2.35. The van der Waals surface area contributed by atoms with E-state index in [-0.39, 0.29) is 23.9 Å². The molecule has 2 amide bonds. The predicted molar refractivity (Wildman–Crippen MR) is 235 cm³/mol. The van der Waals surface area contributed by atoms with E-state index in [4.69, 9.17) is 28.9 Å². The van der Waals surface area contributed by atoms with E-state index in [0.717, 1.165) is 54.1 Å². The molecule has 2 atom stereocenters. The Balaban J connectivity index is 0.821. The van der Waals surface area contributed by atoms with E-state index in [2.05, 4.69) is 58.6 Å². The standard InChI is InChI=1S/C47H49N7O6/c1-48-34-10-6-30(7-11-34)32-20-36-26-49-40-24-44(42(57-3)22-38(40)46(55)53(36)28-32)59-18-5-19-60-45-25-41-39(23-43(45)58-4)47(56)54-29-33(21-37(54)27-50-41)31-8-12-35(13-9-31)52-16-14-51(2)15-17-52/h6-13,22-29,36-37,48H,5,14-21H2,1-4H3/t36-,37-/m0/s1. The normalized spacial score (nSPS) is 19.4. The van der Waals surface area contributed by atoms with E-state index in [1.54, 1.807) is 48.3 Å². The molecule has 0 radical (unpaired) electrons. The second-order valence-corrected chi connectivity index (χ2v) is 15.6. The van der Waals surface area contributed by atoms with Crippen molar-refractivity contribution in [3.63, 3.8) is 0 Å². The highest BCUT2D eigenvalue weighted by atomic mass is 16.5. The number of anilines is 2. The molecule has 1 N–H and O–H groups in total. The summed E-state index contributed by atoms with van der Waals surface area (Å²) in [5.41, 5.74) is 8.59. The van der Waals surface area contributed by atoms with Crippen LogP contribution in [0.15, 0.2) is 95.2 Å². The molecule has 308 valence electrons. The second-order valence-electron chi connectivity index (χ2n) is 15.6. The monoisotopic (exact) mass is 807 g/mol. The number of carbonyl (C=O) groups is 2. The van der Waals surface area contributed by atoms with E-state index >= 15 is 0 Å². The lowest BCUT2D eigenvalue weighted by Crippen LogP contribution is -2.44. The number of amides is 2. The van der Waals surface area contributed by atoms with Gasteiger partial charge in [0.05, 0.1) is 62.0 Å². The van der Waals surface area contributed by atoms with Gasteiger partial charge in [0, 0.05) is 101 Å². The van der Waals surface area contributed by atoms with Crippen LogP contribution in [0, 0.1) is 0 Å². The van der Waals surface area contributed by atoms with Crippen LogP contribution in [0.5, 0.6) is 23.0 Å². The third kappa shape index (κ3) is 7.56. The van der Waals surface area contributed by atoms with Gasteiger partial charge in [0.15, 0.2) is 23.0 Å². The number of nitrogens with zero attached hydrogens (tertiary/aromatic N) is 6. The van der Waals surface area contributed by atoms with Crippen LogP contribution in [-0.2, 0) is 0 Å². The van der Waals surface area contributed by atoms with Crippen molar-refractivity contribution in [2.75, 3.05) is 77.9 Å². The first-order chi connectivity index (χ1) is 29.3. The summed E-state index contributed by atoms with van der Waals surface area (Å²) in [7, 11) is 7.16. The minimum atomic E-state index is -0.188. The Labute approximate surface area is 350 Å². The van der Waals surface area contributed by atoms with Crippen LogP contribution in [0.1, 0.15) is 51.1 Å². The number of ether oxygens (including phenoxy) is 4. The first-order valence-electron chi connectivity index (χ1n) is 20.5. The molecule has 4 aromatic carbocycles. The molecule has 0 bridgehead atoms. The first kappa shape index (κ1) is 38.9. The number of piperazine rings is 1. The number of nitrogens with one attached hydrogen (secondary N) is 1. The number of hydrogen-bond acceptors (Lipinski definition) is 11. The second kappa shape index (κ2) is 16.6. The number of rotatable bonds is 12. The minimum Gasteiger partial charge on any atom is -0.493 e. The van der Waals surface area contributed by atoms with Crippen molar-refractivity contribution >= 4 is 58.1 Å². The summed E-state index contributed by atoms with van der Waals surface area (Å²) in [5, 5.41) is 3.14. The van der Waals surface area contributed by atoms with Crippen molar-refractivity contribution < 1.29 is 28.5 Å².